The highest BCUT2D eigenvalue weighted by Gasteiger charge is 2.48. The second-order valence-electron chi connectivity index (χ2n) is 10.8. The first-order chi connectivity index (χ1) is 18.9. The highest BCUT2D eigenvalue weighted by atomic mass is 16.5. The number of benzene rings is 3. The minimum absolute atomic E-state index is 0.0586. The van der Waals surface area contributed by atoms with Crippen molar-refractivity contribution >= 4 is 17.5 Å². The Hall–Kier alpha value is -4.00. The lowest BCUT2D eigenvalue weighted by molar-refractivity contribution is -0.135. The Labute approximate surface area is 229 Å². The molecule has 2 amide bonds. The van der Waals surface area contributed by atoms with Gasteiger partial charge in [-0.25, -0.2) is 0 Å². The maximum Gasteiger partial charge on any atom is 0.254 e. The summed E-state index contributed by atoms with van der Waals surface area (Å²) in [5, 5.41) is 0. The van der Waals surface area contributed by atoms with E-state index < -0.39 is 5.92 Å². The summed E-state index contributed by atoms with van der Waals surface area (Å²) in [7, 11) is 3.15. The Morgan fingerprint density at radius 1 is 0.846 bits per heavy atom. The molecule has 6 rings (SSSR count). The van der Waals surface area contributed by atoms with E-state index in [-0.39, 0.29) is 17.9 Å². The predicted octanol–water partition coefficient (Wildman–Crippen LogP) is 4.51. The summed E-state index contributed by atoms with van der Waals surface area (Å²) in [6.45, 7) is 7.64. The van der Waals surface area contributed by atoms with E-state index in [1.54, 1.807) is 20.3 Å². The van der Waals surface area contributed by atoms with Gasteiger partial charge in [0.1, 0.15) is 0 Å². The lowest BCUT2D eigenvalue weighted by Gasteiger charge is -2.47. The fraction of sp³-hybridized carbons (Fsp3) is 0.375. The van der Waals surface area contributed by atoms with Gasteiger partial charge in [0.05, 0.1) is 26.2 Å². The Bertz CT molecular complexity index is 1440. The Morgan fingerprint density at radius 2 is 1.56 bits per heavy atom. The number of hydrogen-bond acceptors (Lipinski definition) is 5. The highest BCUT2D eigenvalue weighted by Crippen LogP contribution is 2.49. The molecule has 3 heterocycles. The number of carbonyl (C=O) groups excluding carboxylic acids is 2. The smallest absolute Gasteiger partial charge is 0.254 e. The quantitative estimate of drug-likeness (QED) is 0.502. The van der Waals surface area contributed by atoms with Gasteiger partial charge in [0.2, 0.25) is 5.91 Å². The Balaban J connectivity index is 1.38. The lowest BCUT2D eigenvalue weighted by Crippen LogP contribution is -2.54. The monoisotopic (exact) mass is 525 g/mol. The van der Waals surface area contributed by atoms with E-state index in [1.165, 1.54) is 22.4 Å². The van der Waals surface area contributed by atoms with Crippen LogP contribution in [0.2, 0.25) is 0 Å². The van der Waals surface area contributed by atoms with E-state index in [0.29, 0.717) is 36.7 Å². The summed E-state index contributed by atoms with van der Waals surface area (Å²) in [5.41, 5.74) is 7.22. The van der Waals surface area contributed by atoms with E-state index in [2.05, 4.69) is 49.1 Å². The molecule has 3 aromatic rings. The number of fused-ring (bicyclic) bond motifs is 4. The van der Waals surface area contributed by atoms with Crippen LogP contribution in [0.5, 0.6) is 11.5 Å². The molecule has 7 nitrogen and oxygen atoms in total. The molecule has 3 aliphatic rings. The van der Waals surface area contributed by atoms with Crippen molar-refractivity contribution in [1.29, 1.82) is 0 Å². The van der Waals surface area contributed by atoms with Crippen molar-refractivity contribution in [3.63, 3.8) is 0 Å². The molecule has 0 unspecified atom stereocenters. The van der Waals surface area contributed by atoms with Crippen molar-refractivity contribution < 1.29 is 19.1 Å². The van der Waals surface area contributed by atoms with Crippen LogP contribution < -0.4 is 14.4 Å². The van der Waals surface area contributed by atoms with Crippen LogP contribution in [0.4, 0.5) is 5.69 Å². The van der Waals surface area contributed by atoms with Gasteiger partial charge in [0.15, 0.2) is 11.5 Å². The van der Waals surface area contributed by atoms with Crippen LogP contribution in [0, 0.1) is 13.8 Å². The van der Waals surface area contributed by atoms with Gasteiger partial charge in [-0.2, -0.15) is 0 Å². The van der Waals surface area contributed by atoms with Crippen molar-refractivity contribution in [2.45, 2.75) is 32.2 Å². The zero-order valence-corrected chi connectivity index (χ0v) is 23.1. The first-order valence-corrected chi connectivity index (χ1v) is 13.7. The third-order valence-electron chi connectivity index (χ3n) is 8.59. The fourth-order valence-electron chi connectivity index (χ4n) is 6.54. The molecule has 3 aliphatic heterocycles. The van der Waals surface area contributed by atoms with Crippen molar-refractivity contribution in [3.8, 4) is 11.5 Å². The number of aryl methyl sites for hydroxylation is 2. The maximum absolute atomic E-state index is 14.5. The van der Waals surface area contributed by atoms with Crippen molar-refractivity contribution in [2.75, 3.05) is 51.8 Å². The molecule has 0 aromatic heterocycles. The van der Waals surface area contributed by atoms with Crippen LogP contribution in [0.1, 0.15) is 50.1 Å². The molecule has 2 atom stereocenters. The topological polar surface area (TPSA) is 62.3 Å². The molecule has 7 heteroatoms. The minimum Gasteiger partial charge on any atom is -0.493 e. The molecule has 3 aromatic carbocycles. The molecule has 0 bridgehead atoms. The number of amides is 2. The fourth-order valence-corrected chi connectivity index (χ4v) is 6.54. The minimum atomic E-state index is -0.522. The number of nitrogens with zero attached hydrogens (tertiary/aromatic N) is 3. The van der Waals surface area contributed by atoms with E-state index in [0.717, 1.165) is 30.6 Å². The normalized spacial score (nSPS) is 20.2. The molecule has 39 heavy (non-hydrogen) atoms. The molecule has 0 N–H and O–H groups in total. The molecular weight excluding hydrogens is 490 g/mol. The summed E-state index contributed by atoms with van der Waals surface area (Å²) >= 11 is 0. The second-order valence-corrected chi connectivity index (χ2v) is 10.8. The first-order valence-electron chi connectivity index (χ1n) is 13.7. The summed E-state index contributed by atoms with van der Waals surface area (Å²) < 4.78 is 11.1. The van der Waals surface area contributed by atoms with E-state index >= 15 is 0 Å². The van der Waals surface area contributed by atoms with Crippen LogP contribution in [0.3, 0.4) is 0 Å². The van der Waals surface area contributed by atoms with Gasteiger partial charge >= 0.3 is 0 Å². The molecule has 1 saturated heterocycles. The van der Waals surface area contributed by atoms with Gasteiger partial charge in [-0.3, -0.25) is 9.59 Å². The van der Waals surface area contributed by atoms with E-state index in [4.69, 9.17) is 9.47 Å². The third kappa shape index (κ3) is 4.20. The van der Waals surface area contributed by atoms with E-state index in [1.807, 2.05) is 28.0 Å². The van der Waals surface area contributed by atoms with Crippen LogP contribution in [-0.2, 0) is 11.2 Å². The van der Waals surface area contributed by atoms with Crippen LogP contribution in [0.15, 0.2) is 54.6 Å². The van der Waals surface area contributed by atoms with Gasteiger partial charge in [0, 0.05) is 44.0 Å². The van der Waals surface area contributed by atoms with Gasteiger partial charge in [-0.1, -0.05) is 36.4 Å². The maximum atomic E-state index is 14.5. The standard InChI is InChI=1S/C32H35N3O4/c1-20-9-10-21(2)26(17-20)33-13-15-34(16-14-33)32(37)29-24-18-27(38-3)28(39-4)19-25(24)31(36)35-12-11-22-7-5-6-8-23(22)30(29)35/h5-10,17-19,29-30H,11-16H2,1-4H3/t29-,30+/m1/s1. The van der Waals surface area contributed by atoms with E-state index in [9.17, 15) is 9.59 Å². The number of rotatable bonds is 4. The highest BCUT2D eigenvalue weighted by molar-refractivity contribution is 6.02. The molecule has 0 spiro atoms. The summed E-state index contributed by atoms with van der Waals surface area (Å²) in [6.07, 6.45) is 0.774. The van der Waals surface area contributed by atoms with Gasteiger partial charge in [0.25, 0.3) is 5.91 Å². The number of piperazine rings is 1. The largest absolute Gasteiger partial charge is 0.493 e. The lowest BCUT2D eigenvalue weighted by atomic mass is 9.75. The zero-order chi connectivity index (χ0) is 27.3. The first kappa shape index (κ1) is 25.3. The number of anilines is 1. The second kappa shape index (κ2) is 9.95. The Kier molecular flexibility index (Phi) is 6.45. The van der Waals surface area contributed by atoms with Gasteiger partial charge < -0.3 is 24.2 Å². The molecule has 0 radical (unpaired) electrons. The van der Waals surface area contributed by atoms with Crippen molar-refractivity contribution in [3.05, 3.63) is 88.0 Å². The molecule has 1 fully saturated rings. The molecular formula is C32H35N3O4. The van der Waals surface area contributed by atoms with Crippen LogP contribution >= 0.6 is 0 Å². The number of methoxy groups -OCH3 is 2. The van der Waals surface area contributed by atoms with Gasteiger partial charge in [-0.15, -0.1) is 0 Å². The van der Waals surface area contributed by atoms with Crippen molar-refractivity contribution in [1.82, 2.24) is 9.80 Å². The average molecular weight is 526 g/mol. The van der Waals surface area contributed by atoms with Gasteiger partial charge in [-0.05, 0) is 66.3 Å². The summed E-state index contributed by atoms with van der Waals surface area (Å²) in [5.74, 6) is 0.497. The SMILES string of the molecule is COc1cc2c(cc1OC)[C@@H](C(=O)N1CCN(c3cc(C)ccc3C)CC1)[C@@H]1c3ccccc3CCN1C2=O. The molecule has 0 aliphatic carbocycles. The number of carbonyl (C=O) groups is 2. The number of hydrogen-bond donors (Lipinski definition) is 0. The molecule has 202 valence electrons. The third-order valence-corrected chi connectivity index (χ3v) is 8.59. The summed E-state index contributed by atoms with van der Waals surface area (Å²) in [6, 6.07) is 18.0. The van der Waals surface area contributed by atoms with Crippen LogP contribution in [-0.4, -0.2) is 68.6 Å². The van der Waals surface area contributed by atoms with Crippen molar-refractivity contribution in [2.24, 2.45) is 0 Å². The van der Waals surface area contributed by atoms with Crippen LogP contribution in [0.25, 0.3) is 0 Å². The zero-order valence-electron chi connectivity index (χ0n) is 23.1. The predicted molar refractivity (Wildman–Crippen MR) is 151 cm³/mol. The Morgan fingerprint density at radius 3 is 2.31 bits per heavy atom. The summed E-state index contributed by atoms with van der Waals surface area (Å²) in [4.78, 5) is 34.6. The molecule has 0 saturated carbocycles. The average Bonchev–Trinajstić information content (AvgIpc) is 2.97. The number of ether oxygens (including phenoxy) is 2.